The summed E-state index contributed by atoms with van der Waals surface area (Å²) >= 11 is 0. The number of carbonyl (C=O) groups is 2. The number of rotatable bonds is 9. The van der Waals surface area contributed by atoms with E-state index in [1.165, 1.54) is 31.2 Å². The Kier molecular flexibility index (Phi) is 9.88. The summed E-state index contributed by atoms with van der Waals surface area (Å²) in [5, 5.41) is 21.6. The van der Waals surface area contributed by atoms with Gasteiger partial charge in [0, 0.05) is 25.8 Å². The molecule has 0 saturated heterocycles. The summed E-state index contributed by atoms with van der Waals surface area (Å²) in [4.78, 5) is 41.2. The lowest BCUT2D eigenvalue weighted by Crippen LogP contribution is -2.55. The van der Waals surface area contributed by atoms with Gasteiger partial charge in [0.05, 0.1) is 12.7 Å². The molecule has 1 saturated carbocycles. The molecule has 0 aromatic carbocycles. The van der Waals surface area contributed by atoms with Gasteiger partial charge in [-0.15, -0.1) is 0 Å². The molecule has 1 aliphatic carbocycles. The van der Waals surface area contributed by atoms with E-state index in [2.05, 4.69) is 5.32 Å². The van der Waals surface area contributed by atoms with Crippen molar-refractivity contribution in [2.24, 2.45) is 11.3 Å². The fourth-order valence-corrected chi connectivity index (χ4v) is 4.84. The van der Waals surface area contributed by atoms with Gasteiger partial charge < -0.3 is 25.0 Å². The van der Waals surface area contributed by atoms with Crippen molar-refractivity contribution in [3.8, 4) is 0 Å². The van der Waals surface area contributed by atoms with Crippen LogP contribution in [0.1, 0.15) is 81.4 Å². The lowest BCUT2D eigenvalue weighted by Gasteiger charge is -2.34. The lowest BCUT2D eigenvalue weighted by molar-refractivity contribution is -0.136. The van der Waals surface area contributed by atoms with Crippen LogP contribution in [0.5, 0.6) is 0 Å². The van der Waals surface area contributed by atoms with E-state index in [4.69, 9.17) is 5.11 Å². The van der Waals surface area contributed by atoms with E-state index in [1.807, 2.05) is 34.6 Å². The number of hydrogen-bond acceptors (Lipinski definition) is 5. The first-order valence-corrected chi connectivity index (χ1v) is 12.5. The third kappa shape index (κ3) is 6.92. The van der Waals surface area contributed by atoms with Crippen molar-refractivity contribution < 1.29 is 19.8 Å². The topological polar surface area (TPSA) is 112 Å². The lowest BCUT2D eigenvalue weighted by atomic mass is 9.85. The zero-order chi connectivity index (χ0) is 25.6. The van der Waals surface area contributed by atoms with Gasteiger partial charge in [0.1, 0.15) is 11.6 Å². The summed E-state index contributed by atoms with van der Waals surface area (Å²) in [5.74, 6) is -0.528. The van der Waals surface area contributed by atoms with E-state index in [0.29, 0.717) is 18.9 Å². The van der Waals surface area contributed by atoms with Crippen LogP contribution in [-0.4, -0.2) is 63.8 Å². The quantitative estimate of drug-likeness (QED) is 0.505. The van der Waals surface area contributed by atoms with Crippen LogP contribution >= 0.6 is 0 Å². The molecule has 0 radical (unpaired) electrons. The second-order valence-corrected chi connectivity index (χ2v) is 10.8. The summed E-state index contributed by atoms with van der Waals surface area (Å²) in [7, 11) is 1.52. The Morgan fingerprint density at radius 1 is 1.24 bits per heavy atom. The zero-order valence-corrected chi connectivity index (χ0v) is 21.7. The minimum absolute atomic E-state index is 0.0469. The van der Waals surface area contributed by atoms with Crippen molar-refractivity contribution in [2.45, 2.75) is 91.8 Å². The number of likely N-dealkylation sites (N-methyl/N-ethyl adjacent to an activating group) is 1. The van der Waals surface area contributed by atoms with Gasteiger partial charge in [0.25, 0.3) is 11.5 Å². The molecule has 34 heavy (non-hydrogen) atoms. The Hall–Kier alpha value is -2.19. The predicted octanol–water partition coefficient (Wildman–Crippen LogP) is 2.26. The number of pyridine rings is 1. The van der Waals surface area contributed by atoms with Gasteiger partial charge in [-0.3, -0.25) is 14.4 Å². The van der Waals surface area contributed by atoms with Crippen LogP contribution in [0.15, 0.2) is 10.9 Å². The number of aromatic nitrogens is 1. The molecule has 8 nitrogen and oxygen atoms in total. The first-order chi connectivity index (χ1) is 15.9. The van der Waals surface area contributed by atoms with Gasteiger partial charge in [-0.1, -0.05) is 47.0 Å². The number of carbonyl (C=O) groups excluding carboxylic acids is 2. The van der Waals surface area contributed by atoms with Crippen LogP contribution in [0.4, 0.5) is 0 Å². The molecule has 1 aromatic rings. The summed E-state index contributed by atoms with van der Waals surface area (Å²) in [5.41, 5.74) is 0.948. The van der Waals surface area contributed by atoms with Gasteiger partial charge in [-0.2, -0.15) is 0 Å². The van der Waals surface area contributed by atoms with Gasteiger partial charge in [0.15, 0.2) is 0 Å². The summed E-state index contributed by atoms with van der Waals surface area (Å²) < 4.78 is 1.78. The molecule has 192 valence electrons. The second kappa shape index (κ2) is 12.0. The van der Waals surface area contributed by atoms with Crippen molar-refractivity contribution >= 4 is 11.8 Å². The monoisotopic (exact) mass is 477 g/mol. The molecule has 1 aromatic heterocycles. The van der Waals surface area contributed by atoms with Crippen molar-refractivity contribution in [2.75, 3.05) is 20.2 Å². The molecule has 1 aliphatic rings. The van der Waals surface area contributed by atoms with E-state index in [9.17, 15) is 19.5 Å². The van der Waals surface area contributed by atoms with Crippen LogP contribution < -0.4 is 10.9 Å². The molecule has 0 bridgehead atoms. The molecule has 3 N–H and O–H groups in total. The number of hydrogen-bond donors (Lipinski definition) is 3. The molecule has 0 spiro atoms. The van der Waals surface area contributed by atoms with Crippen LogP contribution in [0.2, 0.25) is 0 Å². The molecule has 2 unspecified atom stereocenters. The third-order valence-corrected chi connectivity index (χ3v) is 6.82. The van der Waals surface area contributed by atoms with Crippen LogP contribution in [0.25, 0.3) is 0 Å². The molecule has 2 amide bonds. The van der Waals surface area contributed by atoms with Crippen molar-refractivity contribution in [1.82, 2.24) is 14.8 Å². The van der Waals surface area contributed by atoms with E-state index in [0.717, 1.165) is 24.1 Å². The molecule has 2 atom stereocenters. The average Bonchev–Trinajstić information content (AvgIpc) is 2.78. The van der Waals surface area contributed by atoms with Gasteiger partial charge in [0.2, 0.25) is 5.91 Å². The van der Waals surface area contributed by atoms with Gasteiger partial charge in [-0.25, -0.2) is 0 Å². The van der Waals surface area contributed by atoms with Gasteiger partial charge in [-0.05, 0) is 49.1 Å². The summed E-state index contributed by atoms with van der Waals surface area (Å²) in [6.45, 7) is 9.53. The summed E-state index contributed by atoms with van der Waals surface area (Å²) in [6.07, 6.45) is 5.41. The number of aliphatic hydroxyl groups excluding tert-OH is 2. The Labute approximate surface area is 203 Å². The van der Waals surface area contributed by atoms with E-state index < -0.39 is 36.0 Å². The maximum Gasteiger partial charge on any atom is 0.263 e. The standard InChI is InChI=1S/C26H43N3O5/c1-7-21-17(2)13-20(24(33)29(21)14-18-11-9-8-10-12-18)23(32)27-22(26(3,4)5)25(34)28(6)15-19(31)16-30/h13,18-19,22,30-31H,7-12,14-16H2,1-6H3,(H,27,32). The molecular weight excluding hydrogens is 434 g/mol. The molecule has 2 rings (SSSR count). The molecular formula is C26H43N3O5. The molecule has 1 heterocycles. The Morgan fingerprint density at radius 2 is 1.85 bits per heavy atom. The number of nitrogens with zero attached hydrogens (tertiary/aromatic N) is 2. The highest BCUT2D eigenvalue weighted by Gasteiger charge is 2.36. The van der Waals surface area contributed by atoms with Gasteiger partial charge >= 0.3 is 0 Å². The van der Waals surface area contributed by atoms with Crippen LogP contribution in [0.3, 0.4) is 0 Å². The van der Waals surface area contributed by atoms with Crippen LogP contribution in [0, 0.1) is 18.3 Å². The smallest absolute Gasteiger partial charge is 0.263 e. The third-order valence-electron chi connectivity index (χ3n) is 6.82. The van der Waals surface area contributed by atoms with Crippen molar-refractivity contribution in [3.63, 3.8) is 0 Å². The maximum absolute atomic E-state index is 13.5. The predicted molar refractivity (Wildman–Crippen MR) is 133 cm³/mol. The number of aryl methyl sites for hydroxylation is 1. The average molecular weight is 478 g/mol. The zero-order valence-electron chi connectivity index (χ0n) is 21.7. The summed E-state index contributed by atoms with van der Waals surface area (Å²) in [6, 6.07) is 0.727. The number of amides is 2. The van der Waals surface area contributed by atoms with Crippen molar-refractivity contribution in [1.29, 1.82) is 0 Å². The molecule has 0 aliphatic heterocycles. The minimum Gasteiger partial charge on any atom is -0.394 e. The Bertz CT molecular complexity index is 912. The highest BCUT2D eigenvalue weighted by molar-refractivity contribution is 5.97. The normalized spacial score (nSPS) is 16.7. The molecule has 1 fully saturated rings. The number of aliphatic hydroxyl groups is 2. The van der Waals surface area contributed by atoms with Crippen LogP contribution in [-0.2, 0) is 17.8 Å². The largest absolute Gasteiger partial charge is 0.394 e. The SMILES string of the molecule is CCc1c(C)cc(C(=O)NC(C(=O)N(C)CC(O)CO)C(C)(C)C)c(=O)n1CC1CCCCC1. The maximum atomic E-state index is 13.5. The van der Waals surface area contributed by atoms with Crippen molar-refractivity contribution in [3.05, 3.63) is 33.2 Å². The highest BCUT2D eigenvalue weighted by atomic mass is 16.3. The van der Waals surface area contributed by atoms with E-state index in [-0.39, 0.29) is 17.7 Å². The fourth-order valence-electron chi connectivity index (χ4n) is 4.84. The van der Waals surface area contributed by atoms with E-state index >= 15 is 0 Å². The number of nitrogens with one attached hydrogen (secondary N) is 1. The minimum atomic E-state index is -1.07. The fraction of sp³-hybridized carbons (Fsp3) is 0.731. The second-order valence-electron chi connectivity index (χ2n) is 10.8. The Balaban J connectivity index is 2.36. The first kappa shape index (κ1) is 28.1. The Morgan fingerprint density at radius 3 is 2.38 bits per heavy atom. The van der Waals surface area contributed by atoms with E-state index in [1.54, 1.807) is 10.6 Å². The first-order valence-electron chi connectivity index (χ1n) is 12.5. The highest BCUT2D eigenvalue weighted by Crippen LogP contribution is 2.26. The molecule has 8 heteroatoms.